The summed E-state index contributed by atoms with van der Waals surface area (Å²) in [6, 6.07) is 0. The Morgan fingerprint density at radius 2 is 1.32 bits per heavy atom. The fraction of sp³-hybridized carbons (Fsp3) is 0.905. The minimum Gasteiger partial charge on any atom is -0.374 e. The lowest BCUT2D eigenvalue weighted by molar-refractivity contribution is 0.0333. The fourth-order valence-corrected chi connectivity index (χ4v) is 4.51. The smallest absolute Gasteiger partial charge is 0.0651 e. The second kappa shape index (κ2) is 10.5. The van der Waals surface area contributed by atoms with Crippen molar-refractivity contribution >= 4 is 0 Å². The normalized spacial score (nSPS) is 33.4. The second-order valence-electron chi connectivity index (χ2n) is 7.76. The largest absolute Gasteiger partial charge is 0.374 e. The van der Waals surface area contributed by atoms with E-state index in [0.29, 0.717) is 6.10 Å². The van der Waals surface area contributed by atoms with E-state index in [4.69, 9.17) is 4.74 Å². The van der Waals surface area contributed by atoms with Crippen LogP contribution in [0.15, 0.2) is 12.2 Å². The zero-order chi connectivity index (χ0) is 15.6. The van der Waals surface area contributed by atoms with Crippen LogP contribution in [0.3, 0.4) is 0 Å². The van der Waals surface area contributed by atoms with Gasteiger partial charge >= 0.3 is 0 Å². The van der Waals surface area contributed by atoms with Gasteiger partial charge in [0.15, 0.2) is 0 Å². The number of rotatable bonds is 8. The standard InChI is InChI=1S/C21H38O/c1-3-6-18-9-11-20(12-10-18)8-5-17-22-21-15-13-19(7-4-2)14-16-21/h5,8,18-21H,3-4,6-7,9-17H2,1-2H3/b8-5+. The summed E-state index contributed by atoms with van der Waals surface area (Å²) in [5.74, 6) is 2.83. The van der Waals surface area contributed by atoms with E-state index in [2.05, 4.69) is 26.0 Å². The highest BCUT2D eigenvalue weighted by molar-refractivity contribution is 4.91. The van der Waals surface area contributed by atoms with E-state index in [9.17, 15) is 0 Å². The molecule has 0 aromatic heterocycles. The molecule has 1 nitrogen and oxygen atoms in total. The van der Waals surface area contributed by atoms with Crippen molar-refractivity contribution < 1.29 is 4.74 Å². The minimum absolute atomic E-state index is 0.540. The van der Waals surface area contributed by atoms with Gasteiger partial charge in [0.1, 0.15) is 0 Å². The molecule has 22 heavy (non-hydrogen) atoms. The predicted octanol–water partition coefficient (Wildman–Crippen LogP) is 6.52. The molecule has 0 aromatic rings. The van der Waals surface area contributed by atoms with Gasteiger partial charge in [0.25, 0.3) is 0 Å². The van der Waals surface area contributed by atoms with Crippen LogP contribution in [0.25, 0.3) is 0 Å². The predicted molar refractivity (Wildman–Crippen MR) is 96.1 cm³/mol. The van der Waals surface area contributed by atoms with Gasteiger partial charge < -0.3 is 4.74 Å². The van der Waals surface area contributed by atoms with E-state index in [1.165, 1.54) is 77.0 Å². The molecule has 0 N–H and O–H groups in total. The van der Waals surface area contributed by atoms with Crippen molar-refractivity contribution in [1.82, 2.24) is 0 Å². The summed E-state index contributed by atoms with van der Waals surface area (Å²) in [4.78, 5) is 0. The zero-order valence-electron chi connectivity index (χ0n) is 15.1. The molecule has 0 spiro atoms. The van der Waals surface area contributed by atoms with Crippen molar-refractivity contribution in [2.75, 3.05) is 6.61 Å². The summed E-state index contributed by atoms with van der Waals surface area (Å²) in [5, 5.41) is 0. The molecule has 0 atom stereocenters. The summed E-state index contributed by atoms with van der Waals surface area (Å²) in [6.45, 7) is 5.47. The summed E-state index contributed by atoms with van der Waals surface area (Å²) in [7, 11) is 0. The topological polar surface area (TPSA) is 9.23 Å². The second-order valence-corrected chi connectivity index (χ2v) is 7.76. The fourth-order valence-electron chi connectivity index (χ4n) is 4.51. The van der Waals surface area contributed by atoms with Crippen LogP contribution in [0.4, 0.5) is 0 Å². The third-order valence-corrected chi connectivity index (χ3v) is 5.92. The van der Waals surface area contributed by atoms with Crippen LogP contribution in [0.5, 0.6) is 0 Å². The van der Waals surface area contributed by atoms with Gasteiger partial charge in [-0.1, -0.05) is 51.7 Å². The molecule has 0 radical (unpaired) electrons. The first-order chi connectivity index (χ1) is 10.8. The highest BCUT2D eigenvalue weighted by Crippen LogP contribution is 2.32. The quantitative estimate of drug-likeness (QED) is 0.463. The molecular formula is C21H38O. The molecule has 1 heteroatoms. The minimum atomic E-state index is 0.540. The van der Waals surface area contributed by atoms with Gasteiger partial charge in [-0.15, -0.1) is 0 Å². The Hall–Kier alpha value is -0.300. The Balaban J connectivity index is 1.54. The van der Waals surface area contributed by atoms with Crippen LogP contribution in [0.2, 0.25) is 0 Å². The molecule has 0 aliphatic heterocycles. The Morgan fingerprint density at radius 3 is 1.86 bits per heavy atom. The molecule has 2 aliphatic rings. The highest BCUT2D eigenvalue weighted by Gasteiger charge is 2.21. The van der Waals surface area contributed by atoms with Gasteiger partial charge in [0.2, 0.25) is 0 Å². The lowest BCUT2D eigenvalue weighted by Crippen LogP contribution is -2.21. The van der Waals surface area contributed by atoms with Gasteiger partial charge in [-0.2, -0.15) is 0 Å². The molecule has 128 valence electrons. The van der Waals surface area contributed by atoms with Crippen LogP contribution in [0.1, 0.15) is 90.9 Å². The van der Waals surface area contributed by atoms with Crippen molar-refractivity contribution in [1.29, 1.82) is 0 Å². The van der Waals surface area contributed by atoms with Gasteiger partial charge in [0, 0.05) is 0 Å². The maximum atomic E-state index is 6.07. The Bertz CT molecular complexity index is 293. The van der Waals surface area contributed by atoms with E-state index in [-0.39, 0.29) is 0 Å². The van der Waals surface area contributed by atoms with Crippen molar-refractivity contribution in [3.05, 3.63) is 12.2 Å². The van der Waals surface area contributed by atoms with Crippen molar-refractivity contribution in [3.8, 4) is 0 Å². The Kier molecular flexibility index (Phi) is 8.59. The monoisotopic (exact) mass is 306 g/mol. The molecule has 0 aromatic carbocycles. The first kappa shape index (κ1) is 18.0. The van der Waals surface area contributed by atoms with Crippen molar-refractivity contribution in [3.63, 3.8) is 0 Å². The number of hydrogen-bond acceptors (Lipinski definition) is 1. The molecule has 0 heterocycles. The molecule has 2 fully saturated rings. The zero-order valence-corrected chi connectivity index (χ0v) is 15.1. The molecule has 2 saturated carbocycles. The lowest BCUT2D eigenvalue weighted by Gasteiger charge is -2.28. The van der Waals surface area contributed by atoms with Gasteiger partial charge in [-0.3, -0.25) is 0 Å². The van der Waals surface area contributed by atoms with E-state index in [1.54, 1.807) is 0 Å². The van der Waals surface area contributed by atoms with Gasteiger partial charge in [0.05, 0.1) is 12.7 Å². The van der Waals surface area contributed by atoms with Crippen LogP contribution in [-0.4, -0.2) is 12.7 Å². The molecule has 2 rings (SSSR count). The highest BCUT2D eigenvalue weighted by atomic mass is 16.5. The lowest BCUT2D eigenvalue weighted by atomic mass is 9.80. The van der Waals surface area contributed by atoms with E-state index < -0.39 is 0 Å². The van der Waals surface area contributed by atoms with Gasteiger partial charge in [-0.05, 0) is 69.1 Å². The molecule has 2 aliphatic carbocycles. The van der Waals surface area contributed by atoms with E-state index in [1.807, 2.05) is 0 Å². The average Bonchev–Trinajstić information content (AvgIpc) is 2.55. The maximum absolute atomic E-state index is 6.07. The summed E-state index contributed by atoms with van der Waals surface area (Å²) >= 11 is 0. The number of ether oxygens (including phenoxy) is 1. The summed E-state index contributed by atoms with van der Waals surface area (Å²) in [6.07, 6.45) is 22.0. The van der Waals surface area contributed by atoms with Crippen LogP contribution < -0.4 is 0 Å². The van der Waals surface area contributed by atoms with Crippen LogP contribution in [0, 0.1) is 17.8 Å². The van der Waals surface area contributed by atoms with Crippen molar-refractivity contribution in [2.45, 2.75) is 97.0 Å². The first-order valence-corrected chi connectivity index (χ1v) is 10.1. The Morgan fingerprint density at radius 1 is 0.773 bits per heavy atom. The average molecular weight is 307 g/mol. The maximum Gasteiger partial charge on any atom is 0.0651 e. The van der Waals surface area contributed by atoms with E-state index in [0.717, 1.165) is 24.4 Å². The summed E-state index contributed by atoms with van der Waals surface area (Å²) < 4.78 is 6.07. The molecule has 0 unspecified atom stereocenters. The Labute approximate surface area is 138 Å². The first-order valence-electron chi connectivity index (χ1n) is 10.1. The number of hydrogen-bond donors (Lipinski definition) is 0. The van der Waals surface area contributed by atoms with E-state index >= 15 is 0 Å². The SMILES string of the molecule is CCCC1CCC(/C=C/COC2CCC(CCC)CC2)CC1. The number of allylic oxidation sites excluding steroid dienone is 1. The molecular weight excluding hydrogens is 268 g/mol. The van der Waals surface area contributed by atoms with Crippen LogP contribution >= 0.6 is 0 Å². The molecule has 0 bridgehead atoms. The molecule has 0 amide bonds. The third-order valence-electron chi connectivity index (χ3n) is 5.92. The summed E-state index contributed by atoms with van der Waals surface area (Å²) in [5.41, 5.74) is 0. The third kappa shape index (κ3) is 6.44. The van der Waals surface area contributed by atoms with Gasteiger partial charge in [-0.25, -0.2) is 0 Å². The van der Waals surface area contributed by atoms with Crippen molar-refractivity contribution in [2.24, 2.45) is 17.8 Å². The van der Waals surface area contributed by atoms with Crippen LogP contribution in [-0.2, 0) is 4.74 Å². The molecule has 0 saturated heterocycles.